The number of thioether (sulfide) groups is 1. The van der Waals surface area contributed by atoms with Crippen LogP contribution in [-0.2, 0) is 14.3 Å². The third-order valence-corrected chi connectivity index (χ3v) is 6.14. The van der Waals surface area contributed by atoms with Gasteiger partial charge in [-0.2, -0.15) is 11.8 Å². The first-order valence-electron chi connectivity index (χ1n) is 7.42. The van der Waals surface area contributed by atoms with Crippen molar-refractivity contribution in [1.29, 1.82) is 0 Å². The van der Waals surface area contributed by atoms with Gasteiger partial charge in [-0.15, -0.1) is 0 Å². The van der Waals surface area contributed by atoms with Crippen LogP contribution >= 0.6 is 11.8 Å². The molecule has 2 atom stereocenters. The van der Waals surface area contributed by atoms with Gasteiger partial charge in [0.25, 0.3) is 0 Å². The highest BCUT2D eigenvalue weighted by Crippen LogP contribution is 2.42. The number of ketones is 1. The van der Waals surface area contributed by atoms with E-state index in [1.54, 1.807) is 7.11 Å². The minimum atomic E-state index is -0.574. The van der Waals surface area contributed by atoms with Crippen molar-refractivity contribution in [2.24, 2.45) is 5.92 Å². The molecule has 0 bridgehead atoms. The molecule has 110 valence electrons. The zero-order valence-electron chi connectivity index (χ0n) is 12.4. The highest BCUT2D eigenvalue weighted by Gasteiger charge is 2.47. The first kappa shape index (κ1) is 15.3. The molecule has 19 heavy (non-hydrogen) atoms. The Labute approximate surface area is 120 Å². The van der Waals surface area contributed by atoms with Crippen LogP contribution in [0.15, 0.2) is 0 Å². The maximum atomic E-state index is 12.9. The molecule has 2 heterocycles. The number of rotatable bonds is 5. The summed E-state index contributed by atoms with van der Waals surface area (Å²) in [5, 5.41) is 0. The van der Waals surface area contributed by atoms with Crippen LogP contribution in [0.1, 0.15) is 46.0 Å². The number of ether oxygens (including phenoxy) is 2. The van der Waals surface area contributed by atoms with Crippen molar-refractivity contribution in [3.63, 3.8) is 0 Å². The Bertz CT molecular complexity index is 311. The summed E-state index contributed by atoms with van der Waals surface area (Å²) in [5.41, 5.74) is -0.598. The van der Waals surface area contributed by atoms with Crippen LogP contribution in [-0.4, -0.2) is 42.2 Å². The van der Waals surface area contributed by atoms with Crippen molar-refractivity contribution in [3.05, 3.63) is 0 Å². The lowest BCUT2D eigenvalue weighted by Gasteiger charge is -2.40. The van der Waals surface area contributed by atoms with Crippen LogP contribution in [0, 0.1) is 5.92 Å². The Morgan fingerprint density at radius 1 is 1.47 bits per heavy atom. The summed E-state index contributed by atoms with van der Waals surface area (Å²) in [6.07, 6.45) is 4.37. The van der Waals surface area contributed by atoms with Crippen LogP contribution in [0.5, 0.6) is 0 Å². The zero-order valence-corrected chi connectivity index (χ0v) is 13.2. The summed E-state index contributed by atoms with van der Waals surface area (Å²) in [6, 6.07) is 0. The van der Waals surface area contributed by atoms with E-state index in [2.05, 4.69) is 0 Å². The average Bonchev–Trinajstić information content (AvgIpc) is 2.89. The Kier molecular flexibility index (Phi) is 4.96. The summed E-state index contributed by atoms with van der Waals surface area (Å²) in [6.45, 7) is 4.82. The van der Waals surface area contributed by atoms with E-state index in [1.807, 2.05) is 25.6 Å². The van der Waals surface area contributed by atoms with E-state index >= 15 is 0 Å². The van der Waals surface area contributed by atoms with Gasteiger partial charge in [-0.1, -0.05) is 13.8 Å². The molecule has 0 aromatic rings. The third kappa shape index (κ3) is 2.86. The van der Waals surface area contributed by atoms with E-state index in [-0.39, 0.29) is 11.5 Å². The molecule has 0 aliphatic carbocycles. The molecule has 2 aliphatic heterocycles. The Hall–Kier alpha value is -0.0600. The highest BCUT2D eigenvalue weighted by atomic mass is 32.2. The van der Waals surface area contributed by atoms with Gasteiger partial charge in [0.15, 0.2) is 5.78 Å². The highest BCUT2D eigenvalue weighted by molar-refractivity contribution is 7.99. The lowest BCUT2D eigenvalue weighted by Crippen LogP contribution is -2.49. The van der Waals surface area contributed by atoms with Crippen LogP contribution in [0.2, 0.25) is 0 Å². The van der Waals surface area contributed by atoms with E-state index in [9.17, 15) is 4.79 Å². The van der Waals surface area contributed by atoms with Gasteiger partial charge in [0.05, 0.1) is 5.60 Å². The molecule has 0 aromatic carbocycles. The molecule has 4 heteroatoms. The fourth-order valence-electron chi connectivity index (χ4n) is 3.47. The van der Waals surface area contributed by atoms with Gasteiger partial charge in [-0.05, 0) is 37.9 Å². The molecular weight excluding hydrogens is 260 g/mol. The lowest BCUT2D eigenvalue weighted by atomic mass is 9.76. The van der Waals surface area contributed by atoms with Crippen LogP contribution in [0.25, 0.3) is 0 Å². The molecule has 2 unspecified atom stereocenters. The molecule has 2 fully saturated rings. The molecule has 0 N–H and O–H groups in total. The maximum Gasteiger partial charge on any atom is 0.167 e. The summed E-state index contributed by atoms with van der Waals surface area (Å²) in [4.78, 5) is 12.9. The van der Waals surface area contributed by atoms with Gasteiger partial charge in [0.1, 0.15) is 5.60 Å². The van der Waals surface area contributed by atoms with Crippen molar-refractivity contribution in [2.75, 3.05) is 25.2 Å². The van der Waals surface area contributed by atoms with Gasteiger partial charge >= 0.3 is 0 Å². The van der Waals surface area contributed by atoms with E-state index in [4.69, 9.17) is 9.47 Å². The van der Waals surface area contributed by atoms with Crippen molar-refractivity contribution in [1.82, 2.24) is 0 Å². The van der Waals surface area contributed by atoms with Crippen molar-refractivity contribution in [3.8, 4) is 0 Å². The maximum absolute atomic E-state index is 12.9. The number of Topliss-reactive ketones (excluding diaryl/α,β-unsaturated/α-hetero) is 1. The van der Waals surface area contributed by atoms with Crippen molar-refractivity contribution < 1.29 is 14.3 Å². The molecular formula is C15H26O3S. The number of carbonyl (C=O) groups is 1. The van der Waals surface area contributed by atoms with Gasteiger partial charge in [0.2, 0.25) is 0 Å². The topological polar surface area (TPSA) is 35.5 Å². The van der Waals surface area contributed by atoms with Gasteiger partial charge in [-0.25, -0.2) is 0 Å². The van der Waals surface area contributed by atoms with Crippen molar-refractivity contribution >= 4 is 17.5 Å². The second kappa shape index (κ2) is 6.15. The minimum absolute atomic E-state index is 0.0236. The molecule has 2 saturated heterocycles. The van der Waals surface area contributed by atoms with E-state index in [1.165, 1.54) is 0 Å². The Morgan fingerprint density at radius 3 is 2.74 bits per heavy atom. The molecule has 0 saturated carbocycles. The molecule has 2 rings (SSSR count). The van der Waals surface area contributed by atoms with E-state index in [0.717, 1.165) is 50.2 Å². The monoisotopic (exact) mass is 286 g/mol. The predicted molar refractivity (Wildman–Crippen MR) is 78.7 cm³/mol. The second-order valence-corrected chi connectivity index (χ2v) is 6.90. The SMILES string of the molecule is CCC(CC)(OC)C(=O)C1CCOC2(CCSC2)C1. The Morgan fingerprint density at radius 2 is 2.21 bits per heavy atom. The second-order valence-electron chi connectivity index (χ2n) is 5.79. The summed E-state index contributed by atoms with van der Waals surface area (Å²) in [5.74, 6) is 2.64. The smallest absolute Gasteiger partial charge is 0.167 e. The number of hydrogen-bond acceptors (Lipinski definition) is 4. The predicted octanol–water partition coefficient (Wildman–Crippen LogP) is 3.06. The average molecular weight is 286 g/mol. The normalized spacial score (nSPS) is 31.8. The fourth-order valence-corrected chi connectivity index (χ4v) is 4.85. The van der Waals surface area contributed by atoms with Gasteiger partial charge in [-0.3, -0.25) is 4.79 Å². The Balaban J connectivity index is 2.10. The number of methoxy groups -OCH3 is 1. The quantitative estimate of drug-likeness (QED) is 0.778. The minimum Gasteiger partial charge on any atom is -0.374 e. The summed E-state index contributed by atoms with van der Waals surface area (Å²) < 4.78 is 11.6. The molecule has 0 amide bonds. The molecule has 2 aliphatic rings. The first-order valence-corrected chi connectivity index (χ1v) is 8.58. The molecule has 3 nitrogen and oxygen atoms in total. The van der Waals surface area contributed by atoms with Gasteiger partial charge in [0, 0.05) is 25.4 Å². The van der Waals surface area contributed by atoms with Crippen LogP contribution < -0.4 is 0 Å². The molecule has 1 spiro atoms. The zero-order chi connectivity index (χ0) is 13.9. The third-order valence-electron chi connectivity index (χ3n) is 4.91. The molecule has 0 aromatic heterocycles. The standard InChI is InChI=1S/C15H26O3S/c1-4-15(5-2,17-3)13(16)12-6-8-18-14(10-12)7-9-19-11-14/h12H,4-11H2,1-3H3. The van der Waals surface area contributed by atoms with Crippen molar-refractivity contribution in [2.45, 2.75) is 57.2 Å². The van der Waals surface area contributed by atoms with Gasteiger partial charge < -0.3 is 9.47 Å². The molecule has 0 radical (unpaired) electrons. The number of hydrogen-bond donors (Lipinski definition) is 0. The summed E-state index contributed by atoms with van der Waals surface area (Å²) >= 11 is 1.95. The van der Waals surface area contributed by atoms with E-state index < -0.39 is 5.60 Å². The fraction of sp³-hybridized carbons (Fsp3) is 0.933. The number of carbonyl (C=O) groups excluding carboxylic acids is 1. The summed E-state index contributed by atoms with van der Waals surface area (Å²) in [7, 11) is 1.67. The van der Waals surface area contributed by atoms with Crippen LogP contribution in [0.3, 0.4) is 0 Å². The van der Waals surface area contributed by atoms with Crippen LogP contribution in [0.4, 0.5) is 0 Å². The lowest BCUT2D eigenvalue weighted by molar-refractivity contribution is -0.156. The van der Waals surface area contributed by atoms with E-state index in [0.29, 0.717) is 5.78 Å². The first-order chi connectivity index (χ1) is 9.11. The largest absolute Gasteiger partial charge is 0.374 e.